The summed E-state index contributed by atoms with van der Waals surface area (Å²) in [7, 11) is 0. The highest BCUT2D eigenvalue weighted by atomic mass is 79.9. The molecule has 2 aromatic rings. The Bertz CT molecular complexity index is 635. The van der Waals surface area contributed by atoms with Crippen molar-refractivity contribution >= 4 is 50.8 Å². The van der Waals surface area contributed by atoms with E-state index in [-0.39, 0.29) is 6.01 Å². The van der Waals surface area contributed by atoms with E-state index in [4.69, 9.17) is 25.4 Å². The van der Waals surface area contributed by atoms with Gasteiger partial charge in [0.25, 0.3) is 0 Å². The molecule has 0 aromatic carbocycles. The van der Waals surface area contributed by atoms with E-state index in [1.165, 1.54) is 11.3 Å². The molecule has 0 bridgehead atoms. The molecule has 2 rings (SSSR count). The number of aromatic nitrogens is 3. The van der Waals surface area contributed by atoms with Crippen LogP contribution in [0.4, 0.5) is 0 Å². The van der Waals surface area contributed by atoms with Gasteiger partial charge in [0, 0.05) is 11.8 Å². The largest absolute Gasteiger partial charge is 0.388 e. The molecule has 0 fully saturated rings. The van der Waals surface area contributed by atoms with Crippen molar-refractivity contribution in [2.75, 3.05) is 13.2 Å². The van der Waals surface area contributed by atoms with Gasteiger partial charge in [0.1, 0.15) is 0 Å². The van der Waals surface area contributed by atoms with Gasteiger partial charge >= 0.3 is 12.7 Å². The Labute approximate surface area is 134 Å². The average Bonchev–Trinajstić information content (AvgIpc) is 2.84. The summed E-state index contributed by atoms with van der Waals surface area (Å²) in [5.74, 6) is 0. The summed E-state index contributed by atoms with van der Waals surface area (Å²) in [5, 5.41) is 4.32. The zero-order valence-corrected chi connectivity index (χ0v) is 15.4. The number of nitrogens with zero attached hydrogens (tertiary/aromatic N) is 3. The molecule has 2 aromatic heterocycles. The van der Waals surface area contributed by atoms with Gasteiger partial charge in [-0.25, -0.2) is 4.52 Å². The molecule has 0 aliphatic rings. The molecule has 0 unspecified atom stereocenters. The Kier molecular flexibility index (Phi) is 5.56. The van der Waals surface area contributed by atoms with Gasteiger partial charge in [-0.05, 0) is 36.2 Å². The van der Waals surface area contributed by atoms with Crippen LogP contribution >= 0.6 is 34.0 Å². The second-order valence-corrected chi connectivity index (χ2v) is 8.87. The second-order valence-electron chi connectivity index (χ2n) is 3.64. The summed E-state index contributed by atoms with van der Waals surface area (Å²) in [5.41, 5.74) is 1.05. The average molecular weight is 400 g/mol. The highest BCUT2D eigenvalue weighted by Gasteiger charge is 2.24. The third-order valence-corrected chi connectivity index (χ3v) is 6.52. The van der Waals surface area contributed by atoms with Crippen molar-refractivity contribution in [2.45, 2.75) is 27.2 Å². The fourth-order valence-electron chi connectivity index (χ4n) is 1.58. The molecular formula is C10H15BrN3O3PS2. The van der Waals surface area contributed by atoms with E-state index in [1.807, 2.05) is 13.8 Å². The van der Waals surface area contributed by atoms with E-state index >= 15 is 0 Å². The van der Waals surface area contributed by atoms with Gasteiger partial charge in [0.05, 0.1) is 22.7 Å². The lowest BCUT2D eigenvalue weighted by molar-refractivity contribution is 0.214. The zero-order chi connectivity index (χ0) is 14.8. The van der Waals surface area contributed by atoms with E-state index in [1.54, 1.807) is 4.52 Å². The van der Waals surface area contributed by atoms with Crippen LogP contribution in [0.25, 0.3) is 4.96 Å². The van der Waals surface area contributed by atoms with Crippen LogP contribution in [0.1, 0.15) is 26.5 Å². The van der Waals surface area contributed by atoms with Crippen molar-refractivity contribution < 1.29 is 13.6 Å². The van der Waals surface area contributed by atoms with Crippen molar-refractivity contribution in [3.8, 4) is 6.01 Å². The number of fused-ring (bicyclic) bond motifs is 1. The minimum atomic E-state index is -2.82. The number of halogens is 1. The highest BCUT2D eigenvalue weighted by Crippen LogP contribution is 2.49. The predicted molar refractivity (Wildman–Crippen MR) is 86.1 cm³/mol. The van der Waals surface area contributed by atoms with Crippen LogP contribution in [0.3, 0.4) is 0 Å². The van der Waals surface area contributed by atoms with Crippen LogP contribution in [0.2, 0.25) is 0 Å². The van der Waals surface area contributed by atoms with Crippen molar-refractivity contribution in [2.24, 2.45) is 0 Å². The van der Waals surface area contributed by atoms with Crippen LogP contribution in [0, 0.1) is 0 Å². The molecule has 10 heteroatoms. The summed E-state index contributed by atoms with van der Waals surface area (Å²) in [6, 6.07) is 0.198. The fraction of sp³-hybridized carbons (Fsp3) is 0.600. The lowest BCUT2D eigenvalue weighted by Crippen LogP contribution is -2.03. The standard InChI is InChI=1S/C10H15BrN3O3PS2/c1-4-7-8(11)20-10-12-9(13-14(7)10)17-18(19,15-5-2)16-6-3/h4-6H2,1-3H3. The van der Waals surface area contributed by atoms with Gasteiger partial charge in [0.15, 0.2) is 0 Å². The van der Waals surface area contributed by atoms with E-state index in [9.17, 15) is 0 Å². The van der Waals surface area contributed by atoms with E-state index < -0.39 is 6.72 Å². The Hall–Kier alpha value is -0.0500. The zero-order valence-electron chi connectivity index (χ0n) is 11.3. The molecule has 0 N–H and O–H groups in total. The highest BCUT2D eigenvalue weighted by molar-refractivity contribution is 9.11. The normalized spacial score (nSPS) is 12.2. The third-order valence-electron chi connectivity index (χ3n) is 2.32. The van der Waals surface area contributed by atoms with Gasteiger partial charge in [0.2, 0.25) is 4.96 Å². The molecule has 0 saturated carbocycles. The molecule has 0 aliphatic heterocycles. The van der Waals surface area contributed by atoms with Crippen LogP contribution in [0.15, 0.2) is 3.79 Å². The summed E-state index contributed by atoms with van der Waals surface area (Å²) < 4.78 is 19.2. The quantitative estimate of drug-likeness (QED) is 0.660. The van der Waals surface area contributed by atoms with E-state index in [0.717, 1.165) is 20.9 Å². The first kappa shape index (κ1) is 16.3. The van der Waals surface area contributed by atoms with Crippen LogP contribution in [-0.2, 0) is 27.3 Å². The van der Waals surface area contributed by atoms with Crippen LogP contribution in [0.5, 0.6) is 6.01 Å². The van der Waals surface area contributed by atoms with Crippen molar-refractivity contribution in [1.82, 2.24) is 14.6 Å². The molecule has 0 amide bonds. The number of aryl methyl sites for hydroxylation is 1. The molecule has 0 spiro atoms. The Morgan fingerprint density at radius 3 is 2.50 bits per heavy atom. The first-order valence-corrected chi connectivity index (χ1v) is 10.3. The third kappa shape index (κ3) is 3.40. The van der Waals surface area contributed by atoms with Gasteiger partial charge in [-0.2, -0.15) is 4.98 Å². The number of rotatable bonds is 7. The number of hydrogen-bond acceptors (Lipinski definition) is 7. The maximum Gasteiger partial charge on any atom is 0.382 e. The smallest absolute Gasteiger partial charge is 0.382 e. The molecule has 0 atom stereocenters. The number of thiazole rings is 1. The first-order valence-electron chi connectivity index (χ1n) is 6.15. The van der Waals surface area contributed by atoms with Crippen molar-refractivity contribution in [3.63, 3.8) is 0 Å². The van der Waals surface area contributed by atoms with Crippen LogP contribution < -0.4 is 4.52 Å². The molecule has 20 heavy (non-hydrogen) atoms. The lowest BCUT2D eigenvalue weighted by Gasteiger charge is -2.18. The monoisotopic (exact) mass is 399 g/mol. The van der Waals surface area contributed by atoms with Gasteiger partial charge in [-0.3, -0.25) is 9.05 Å². The molecule has 0 saturated heterocycles. The minimum absolute atomic E-state index is 0.198. The van der Waals surface area contributed by atoms with Gasteiger partial charge in [-0.15, -0.1) is 5.10 Å². The summed E-state index contributed by atoms with van der Waals surface area (Å²) in [4.78, 5) is 5.06. The second kappa shape index (κ2) is 6.81. The Morgan fingerprint density at radius 1 is 1.30 bits per heavy atom. The topological polar surface area (TPSA) is 57.9 Å². The molecular weight excluding hydrogens is 385 g/mol. The maximum absolute atomic E-state index is 5.60. The SMILES string of the molecule is CCOP(=S)(OCC)Oc1nc2sc(Br)c(CC)n2n1. The van der Waals surface area contributed by atoms with Crippen molar-refractivity contribution in [1.29, 1.82) is 0 Å². The molecule has 0 aliphatic carbocycles. The van der Waals surface area contributed by atoms with Gasteiger partial charge in [-0.1, -0.05) is 18.3 Å². The molecule has 2 heterocycles. The lowest BCUT2D eigenvalue weighted by atomic mass is 10.4. The van der Waals surface area contributed by atoms with E-state index in [0.29, 0.717) is 13.2 Å². The van der Waals surface area contributed by atoms with E-state index in [2.05, 4.69) is 32.9 Å². The van der Waals surface area contributed by atoms with Crippen LogP contribution in [-0.4, -0.2) is 27.8 Å². The minimum Gasteiger partial charge on any atom is -0.388 e. The summed E-state index contributed by atoms with van der Waals surface area (Å²) in [6.07, 6.45) is 0.842. The Balaban J connectivity index is 2.29. The summed E-state index contributed by atoms with van der Waals surface area (Å²) >= 11 is 10.3. The fourth-order valence-corrected chi connectivity index (χ4v) is 5.25. The Morgan fingerprint density at radius 2 is 1.95 bits per heavy atom. The first-order chi connectivity index (χ1) is 9.53. The molecule has 0 radical (unpaired) electrons. The molecule has 112 valence electrons. The van der Waals surface area contributed by atoms with Crippen molar-refractivity contribution in [3.05, 3.63) is 9.48 Å². The predicted octanol–water partition coefficient (Wildman–Crippen LogP) is 3.79. The number of hydrogen-bond donors (Lipinski definition) is 0. The molecule has 6 nitrogen and oxygen atoms in total. The summed E-state index contributed by atoms with van der Waals surface area (Å²) in [6.45, 7) is 3.76. The van der Waals surface area contributed by atoms with Gasteiger partial charge < -0.3 is 4.52 Å². The maximum atomic E-state index is 5.60.